The molecular formula is C76H46N4O2. The molecule has 0 fully saturated rings. The Balaban J connectivity index is 0.888. The van der Waals surface area contributed by atoms with E-state index in [1.807, 2.05) is 24.3 Å². The minimum Gasteiger partial charge on any atom is -0.456 e. The summed E-state index contributed by atoms with van der Waals surface area (Å²) in [4.78, 5) is 11.4. The highest BCUT2D eigenvalue weighted by atomic mass is 16.3. The summed E-state index contributed by atoms with van der Waals surface area (Å²) in [6.45, 7) is 0. The van der Waals surface area contributed by atoms with Gasteiger partial charge in [0.1, 0.15) is 22.3 Å². The Kier molecular flexibility index (Phi) is 10.2. The second-order valence-corrected chi connectivity index (χ2v) is 21.3. The van der Waals surface area contributed by atoms with Gasteiger partial charge in [0, 0.05) is 59.9 Å². The maximum Gasteiger partial charge on any atom is 0.235 e. The van der Waals surface area contributed by atoms with Crippen LogP contribution in [0.1, 0.15) is 0 Å². The third-order valence-corrected chi connectivity index (χ3v) is 16.6. The molecule has 17 aromatic rings. The van der Waals surface area contributed by atoms with Crippen molar-refractivity contribution in [1.29, 1.82) is 0 Å². The van der Waals surface area contributed by atoms with Crippen LogP contribution in [-0.4, -0.2) is 19.1 Å². The average Bonchev–Trinajstić information content (AvgIpc) is 3.24. The monoisotopic (exact) mass is 1050 g/mol. The van der Waals surface area contributed by atoms with Crippen LogP contribution in [-0.2, 0) is 0 Å². The van der Waals surface area contributed by atoms with Crippen molar-refractivity contribution >= 4 is 87.5 Å². The van der Waals surface area contributed by atoms with Crippen LogP contribution >= 0.6 is 0 Å². The van der Waals surface area contributed by atoms with Crippen LogP contribution in [0.3, 0.4) is 0 Å². The van der Waals surface area contributed by atoms with Crippen LogP contribution in [0.2, 0.25) is 0 Å². The Morgan fingerprint density at radius 1 is 0.232 bits per heavy atom. The van der Waals surface area contributed by atoms with Crippen LogP contribution in [0.4, 0.5) is 0 Å². The van der Waals surface area contributed by atoms with E-state index in [1.165, 1.54) is 10.8 Å². The Morgan fingerprint density at radius 3 is 1.32 bits per heavy atom. The topological polar surface area (TPSA) is 61.9 Å². The largest absolute Gasteiger partial charge is 0.456 e. The fraction of sp³-hybridized carbons (Fsp3) is 0. The van der Waals surface area contributed by atoms with Gasteiger partial charge in [0.25, 0.3) is 0 Å². The molecule has 0 saturated carbocycles. The van der Waals surface area contributed by atoms with Crippen LogP contribution in [0, 0.1) is 0 Å². The zero-order chi connectivity index (χ0) is 53.8. The van der Waals surface area contributed by atoms with E-state index in [0.717, 1.165) is 149 Å². The van der Waals surface area contributed by atoms with E-state index in [0.29, 0.717) is 5.95 Å². The summed E-state index contributed by atoms with van der Waals surface area (Å²) in [5, 5.41) is 9.02. The molecular weight excluding hydrogens is 1000 g/mol. The molecule has 5 aromatic heterocycles. The maximum absolute atomic E-state index is 6.28. The molecule has 0 spiro atoms. The number of hydrogen-bond acceptors (Lipinski definition) is 4. The van der Waals surface area contributed by atoms with Gasteiger partial charge in [0.2, 0.25) is 5.95 Å². The van der Waals surface area contributed by atoms with Gasteiger partial charge >= 0.3 is 0 Å². The van der Waals surface area contributed by atoms with Gasteiger partial charge in [-0.3, -0.25) is 4.57 Å². The van der Waals surface area contributed by atoms with E-state index >= 15 is 0 Å². The Hall–Kier alpha value is -11.1. The molecule has 0 aliphatic carbocycles. The minimum atomic E-state index is 0.575. The van der Waals surface area contributed by atoms with Gasteiger partial charge in [-0.25, -0.2) is 9.97 Å². The number of nitrogens with zero attached hydrogens (tertiary/aromatic N) is 4. The quantitative estimate of drug-likeness (QED) is 0.152. The molecule has 0 atom stereocenters. The Labute approximate surface area is 470 Å². The van der Waals surface area contributed by atoms with Gasteiger partial charge < -0.3 is 13.4 Å². The van der Waals surface area contributed by atoms with Gasteiger partial charge in [0.05, 0.1) is 33.5 Å². The molecule has 0 bridgehead atoms. The molecule has 6 heteroatoms. The molecule has 0 aliphatic heterocycles. The molecule has 0 saturated heterocycles. The first-order valence-electron chi connectivity index (χ1n) is 27.8. The normalized spacial score (nSPS) is 11.9. The van der Waals surface area contributed by atoms with Crippen LogP contribution in [0.25, 0.3) is 166 Å². The molecule has 0 radical (unpaired) electrons. The van der Waals surface area contributed by atoms with E-state index in [1.54, 1.807) is 0 Å². The Morgan fingerprint density at radius 2 is 0.683 bits per heavy atom. The SMILES string of the molecule is c1ccc(-c2ccc(-c3ccccc3)c(-c3cc(-c4cccc(-n5c6ccccc6c6ccc(-c7ccc8oc9ccccc9c8c7)cc65)c4)nc(-n4c5ccccc5c5ccc(-c6ccc7oc8ccccc8c7c6)cc54)n3)c2)cc1. The molecule has 0 amide bonds. The predicted molar refractivity (Wildman–Crippen MR) is 338 cm³/mol. The van der Waals surface area contributed by atoms with Crippen molar-refractivity contribution < 1.29 is 8.83 Å². The van der Waals surface area contributed by atoms with E-state index in [2.05, 4.69) is 264 Å². The second-order valence-electron chi connectivity index (χ2n) is 21.3. The highest BCUT2D eigenvalue weighted by Crippen LogP contribution is 2.42. The van der Waals surface area contributed by atoms with Crippen molar-refractivity contribution in [2.75, 3.05) is 0 Å². The number of rotatable bonds is 8. The lowest BCUT2D eigenvalue weighted by Gasteiger charge is -2.16. The molecule has 382 valence electrons. The van der Waals surface area contributed by atoms with Crippen molar-refractivity contribution in [3.63, 3.8) is 0 Å². The van der Waals surface area contributed by atoms with E-state index < -0.39 is 0 Å². The van der Waals surface area contributed by atoms with Crippen molar-refractivity contribution in [3.05, 3.63) is 279 Å². The fourth-order valence-electron chi connectivity index (χ4n) is 12.7. The number of aromatic nitrogens is 4. The summed E-state index contributed by atoms with van der Waals surface area (Å²) in [6.07, 6.45) is 0. The summed E-state index contributed by atoms with van der Waals surface area (Å²) in [5.41, 5.74) is 21.3. The smallest absolute Gasteiger partial charge is 0.235 e. The van der Waals surface area contributed by atoms with Crippen LogP contribution in [0.15, 0.2) is 288 Å². The molecule has 0 aliphatic rings. The van der Waals surface area contributed by atoms with Crippen LogP contribution < -0.4 is 0 Å². The fourth-order valence-corrected chi connectivity index (χ4v) is 12.7. The summed E-state index contributed by atoms with van der Waals surface area (Å²) < 4.78 is 17.2. The van der Waals surface area contributed by atoms with Gasteiger partial charge in [-0.15, -0.1) is 0 Å². The minimum absolute atomic E-state index is 0.575. The number of hydrogen-bond donors (Lipinski definition) is 0. The third-order valence-electron chi connectivity index (χ3n) is 16.6. The molecule has 6 nitrogen and oxygen atoms in total. The highest BCUT2D eigenvalue weighted by molar-refractivity contribution is 6.13. The molecule has 12 aromatic carbocycles. The maximum atomic E-state index is 6.28. The Bertz CT molecular complexity index is 5410. The summed E-state index contributed by atoms with van der Waals surface area (Å²) in [7, 11) is 0. The molecule has 17 rings (SSSR count). The summed E-state index contributed by atoms with van der Waals surface area (Å²) >= 11 is 0. The first kappa shape index (κ1) is 45.9. The second kappa shape index (κ2) is 18.2. The lowest BCUT2D eigenvalue weighted by Crippen LogP contribution is -2.05. The first-order chi connectivity index (χ1) is 40.6. The number of para-hydroxylation sites is 4. The van der Waals surface area contributed by atoms with E-state index in [4.69, 9.17) is 18.8 Å². The molecule has 0 unspecified atom stereocenters. The van der Waals surface area contributed by atoms with Gasteiger partial charge in [-0.2, -0.15) is 0 Å². The third kappa shape index (κ3) is 7.35. The van der Waals surface area contributed by atoms with Crippen molar-refractivity contribution in [1.82, 2.24) is 19.1 Å². The van der Waals surface area contributed by atoms with E-state index in [-0.39, 0.29) is 0 Å². The van der Waals surface area contributed by atoms with Gasteiger partial charge in [-0.1, -0.05) is 194 Å². The zero-order valence-electron chi connectivity index (χ0n) is 44.2. The molecule has 0 N–H and O–H groups in total. The van der Waals surface area contributed by atoms with Gasteiger partial charge in [0.15, 0.2) is 0 Å². The number of fused-ring (bicyclic) bond motifs is 12. The van der Waals surface area contributed by atoms with Crippen LogP contribution in [0.5, 0.6) is 0 Å². The van der Waals surface area contributed by atoms with Crippen molar-refractivity contribution in [3.8, 4) is 78.7 Å². The molecule has 82 heavy (non-hydrogen) atoms. The van der Waals surface area contributed by atoms with E-state index in [9.17, 15) is 0 Å². The predicted octanol–water partition coefficient (Wildman–Crippen LogP) is 20.5. The van der Waals surface area contributed by atoms with Gasteiger partial charge in [-0.05, 0) is 129 Å². The average molecular weight is 1050 g/mol. The zero-order valence-corrected chi connectivity index (χ0v) is 44.2. The van der Waals surface area contributed by atoms with Crippen molar-refractivity contribution in [2.24, 2.45) is 0 Å². The lowest BCUT2D eigenvalue weighted by molar-refractivity contribution is 0.668. The summed E-state index contributed by atoms with van der Waals surface area (Å²) in [5.74, 6) is 0.575. The number of furan rings is 2. The highest BCUT2D eigenvalue weighted by Gasteiger charge is 2.22. The lowest BCUT2D eigenvalue weighted by atomic mass is 9.92. The van der Waals surface area contributed by atoms with Crippen molar-refractivity contribution in [2.45, 2.75) is 0 Å². The molecule has 5 heterocycles. The first-order valence-corrected chi connectivity index (χ1v) is 27.8. The summed E-state index contributed by atoms with van der Waals surface area (Å²) in [6, 6.07) is 99.6. The standard InChI is InChI=1S/C76H46N4O2/c1-3-16-47(17-4-1)49-30-35-56(48-18-5-2-6-19-48)63(41-49)67-46-66(77-76(78-67)80-69-27-12-8-23-58(69)60-37-32-53(45-71(60)80)51-34-39-75-65(43-51)62-25-10-14-29-73(62)82-75)54-20-15-21-55(40-54)79-68-26-11-7-22-57(68)59-36-31-52(44-70(59)79)50-33-38-74-64(42-50)61-24-9-13-28-72(61)81-74/h1-46H. The number of benzene rings is 12.